The van der Waals surface area contributed by atoms with Gasteiger partial charge in [0.2, 0.25) is 0 Å². The number of nitrogens with zero attached hydrogens (tertiary/aromatic N) is 2. The van der Waals surface area contributed by atoms with E-state index >= 15 is 0 Å². The Kier molecular flexibility index (Phi) is 4.73. The number of aryl methyl sites for hydroxylation is 1. The topological polar surface area (TPSA) is 76.5 Å². The van der Waals surface area contributed by atoms with Gasteiger partial charge in [0.25, 0.3) is 5.56 Å². The van der Waals surface area contributed by atoms with Crippen LogP contribution in [0.25, 0.3) is 16.8 Å². The molecule has 0 unspecified atom stereocenters. The van der Waals surface area contributed by atoms with Crippen molar-refractivity contribution in [1.82, 2.24) is 14.6 Å². The van der Waals surface area contributed by atoms with Gasteiger partial charge in [0.1, 0.15) is 11.1 Å². The monoisotopic (exact) mass is 399 g/mol. The predicted octanol–water partition coefficient (Wildman–Crippen LogP) is 3.85. The number of esters is 1. The maximum absolute atomic E-state index is 13.5. The minimum absolute atomic E-state index is 0.129. The first-order valence-corrected chi connectivity index (χ1v) is 8.17. The summed E-state index contributed by atoms with van der Waals surface area (Å²) in [5, 5.41) is 4.17. The molecule has 0 fully saturated rings. The smallest absolute Gasteiger partial charge is 0.421 e. The van der Waals surface area contributed by atoms with Gasteiger partial charge < -0.3 is 9.72 Å². The van der Waals surface area contributed by atoms with Crippen molar-refractivity contribution in [1.29, 1.82) is 0 Å². The van der Waals surface area contributed by atoms with E-state index in [0.717, 1.165) is 10.1 Å². The van der Waals surface area contributed by atoms with E-state index in [1.54, 1.807) is 25.1 Å². The van der Waals surface area contributed by atoms with Crippen molar-refractivity contribution in [3.63, 3.8) is 0 Å². The van der Waals surface area contributed by atoms with Crippen LogP contribution in [0.15, 0.2) is 29.2 Å². The van der Waals surface area contributed by atoms with Gasteiger partial charge in [-0.25, -0.2) is 9.31 Å². The predicted molar refractivity (Wildman–Crippen MR) is 92.0 cm³/mol. The first kappa shape index (κ1) is 19.0. The summed E-state index contributed by atoms with van der Waals surface area (Å²) >= 11 is 5.97. The standard InChI is InChI=1S/C17H13ClF3N3O3/c1-3-27-16(26)13-12(17(19,20)21)14-15(25)22-11(7-24(14)23-13)9-4-5-10(18)8(2)6-9/h4-7H,3H2,1-2H3,(H,22,25). The maximum Gasteiger partial charge on any atom is 0.421 e. The van der Waals surface area contributed by atoms with Gasteiger partial charge in [0.05, 0.1) is 18.5 Å². The number of aromatic nitrogens is 3. The Morgan fingerprint density at radius 3 is 2.67 bits per heavy atom. The van der Waals surface area contributed by atoms with Gasteiger partial charge in [0.15, 0.2) is 5.69 Å². The van der Waals surface area contributed by atoms with Crippen LogP contribution in [0.2, 0.25) is 5.02 Å². The van der Waals surface area contributed by atoms with Crippen LogP contribution in [0, 0.1) is 6.92 Å². The van der Waals surface area contributed by atoms with Crippen LogP contribution in [-0.4, -0.2) is 27.2 Å². The van der Waals surface area contributed by atoms with Crippen molar-refractivity contribution in [2.45, 2.75) is 20.0 Å². The number of fused-ring (bicyclic) bond motifs is 1. The second-order valence-corrected chi connectivity index (χ2v) is 6.10. The number of carbonyl (C=O) groups is 1. The van der Waals surface area contributed by atoms with Crippen LogP contribution in [0.1, 0.15) is 28.5 Å². The van der Waals surface area contributed by atoms with Crippen molar-refractivity contribution in [3.05, 3.63) is 56.6 Å². The van der Waals surface area contributed by atoms with Crippen molar-refractivity contribution in [2.24, 2.45) is 0 Å². The average Bonchev–Trinajstić information content (AvgIpc) is 2.98. The number of benzene rings is 1. The van der Waals surface area contributed by atoms with Crippen molar-refractivity contribution < 1.29 is 22.7 Å². The van der Waals surface area contributed by atoms with Crippen molar-refractivity contribution in [3.8, 4) is 11.3 Å². The minimum Gasteiger partial charge on any atom is -0.461 e. The second-order valence-electron chi connectivity index (χ2n) is 5.70. The Bertz CT molecular complexity index is 1100. The van der Waals surface area contributed by atoms with E-state index in [1.165, 1.54) is 13.1 Å². The molecule has 3 aromatic rings. The third-order valence-corrected chi connectivity index (χ3v) is 4.27. The van der Waals surface area contributed by atoms with Crippen LogP contribution in [0.4, 0.5) is 13.2 Å². The van der Waals surface area contributed by atoms with E-state index < -0.39 is 34.5 Å². The molecule has 27 heavy (non-hydrogen) atoms. The third-order valence-electron chi connectivity index (χ3n) is 3.85. The van der Waals surface area contributed by atoms with Gasteiger partial charge in [-0.2, -0.15) is 18.3 Å². The first-order chi connectivity index (χ1) is 12.6. The summed E-state index contributed by atoms with van der Waals surface area (Å²) in [6, 6.07) is 4.87. The van der Waals surface area contributed by atoms with Crippen LogP contribution in [0.3, 0.4) is 0 Å². The van der Waals surface area contributed by atoms with E-state index in [9.17, 15) is 22.8 Å². The molecule has 0 aliphatic heterocycles. The van der Waals surface area contributed by atoms with Gasteiger partial charge in [-0.15, -0.1) is 0 Å². The Morgan fingerprint density at radius 2 is 2.07 bits per heavy atom. The SMILES string of the molecule is CCOC(=O)c1nn2cc(-c3ccc(Cl)c(C)c3)[nH]c(=O)c2c1C(F)(F)F. The number of aromatic amines is 1. The van der Waals surface area contributed by atoms with Gasteiger partial charge in [-0.05, 0) is 37.1 Å². The average molecular weight is 400 g/mol. The lowest BCUT2D eigenvalue weighted by molar-refractivity contribution is -0.136. The molecular weight excluding hydrogens is 387 g/mol. The van der Waals surface area contributed by atoms with Crippen molar-refractivity contribution in [2.75, 3.05) is 6.61 Å². The number of halogens is 4. The van der Waals surface area contributed by atoms with E-state index in [1.807, 2.05) is 0 Å². The molecule has 142 valence electrons. The van der Waals surface area contributed by atoms with E-state index in [4.69, 9.17) is 11.6 Å². The van der Waals surface area contributed by atoms with Gasteiger partial charge in [0, 0.05) is 5.02 Å². The van der Waals surface area contributed by atoms with Gasteiger partial charge in [-0.1, -0.05) is 17.7 Å². The Morgan fingerprint density at radius 1 is 1.37 bits per heavy atom. The normalized spacial score (nSPS) is 11.8. The zero-order valence-corrected chi connectivity index (χ0v) is 14.9. The number of hydrogen-bond acceptors (Lipinski definition) is 4. The maximum atomic E-state index is 13.5. The number of carbonyl (C=O) groups excluding carboxylic acids is 1. The quantitative estimate of drug-likeness (QED) is 0.679. The fourth-order valence-electron chi connectivity index (χ4n) is 2.65. The molecule has 0 saturated carbocycles. The van der Waals surface area contributed by atoms with Crippen LogP contribution >= 0.6 is 11.6 Å². The number of rotatable bonds is 3. The molecule has 3 rings (SSSR count). The lowest BCUT2D eigenvalue weighted by atomic mass is 10.1. The molecule has 0 amide bonds. The summed E-state index contributed by atoms with van der Waals surface area (Å²) in [5.74, 6) is -1.25. The molecule has 2 heterocycles. The van der Waals surface area contributed by atoms with E-state index in [-0.39, 0.29) is 12.3 Å². The summed E-state index contributed by atoms with van der Waals surface area (Å²) in [7, 11) is 0. The van der Waals surface area contributed by atoms with Crippen LogP contribution in [-0.2, 0) is 10.9 Å². The second kappa shape index (κ2) is 6.73. The fraction of sp³-hybridized carbons (Fsp3) is 0.235. The summed E-state index contributed by atoms with van der Waals surface area (Å²) in [4.78, 5) is 26.7. The van der Waals surface area contributed by atoms with Gasteiger partial charge in [-0.3, -0.25) is 4.79 Å². The Balaban J connectivity index is 2.28. The third kappa shape index (κ3) is 3.42. The summed E-state index contributed by atoms with van der Waals surface area (Å²) in [5.41, 5.74) is -2.73. The molecule has 0 aliphatic rings. The highest BCUT2D eigenvalue weighted by molar-refractivity contribution is 6.31. The summed E-state index contributed by atoms with van der Waals surface area (Å²) < 4.78 is 45.8. The zero-order valence-electron chi connectivity index (χ0n) is 14.1. The molecule has 1 aromatic carbocycles. The molecule has 0 saturated heterocycles. The molecule has 1 N–H and O–H groups in total. The number of nitrogens with one attached hydrogen (secondary N) is 1. The van der Waals surface area contributed by atoms with Crippen LogP contribution < -0.4 is 5.56 Å². The number of ether oxygens (including phenoxy) is 1. The molecule has 0 atom stereocenters. The molecule has 2 aromatic heterocycles. The highest BCUT2D eigenvalue weighted by atomic mass is 35.5. The number of H-pyrrole nitrogens is 1. The molecular formula is C17H13ClF3N3O3. The zero-order chi connectivity index (χ0) is 19.9. The summed E-state index contributed by atoms with van der Waals surface area (Å²) in [6.45, 7) is 3.07. The number of alkyl halides is 3. The Hall–Kier alpha value is -2.81. The minimum atomic E-state index is -4.96. The molecule has 6 nitrogen and oxygen atoms in total. The molecule has 10 heteroatoms. The summed E-state index contributed by atoms with van der Waals surface area (Å²) in [6.07, 6.45) is -3.76. The van der Waals surface area contributed by atoms with Crippen molar-refractivity contribution >= 4 is 23.1 Å². The highest BCUT2D eigenvalue weighted by Gasteiger charge is 2.42. The Labute approximate surface area is 155 Å². The molecule has 0 spiro atoms. The van der Waals surface area contributed by atoms with Gasteiger partial charge >= 0.3 is 12.1 Å². The lowest BCUT2D eigenvalue weighted by Crippen LogP contribution is -2.18. The fourth-order valence-corrected chi connectivity index (χ4v) is 2.77. The molecule has 0 aliphatic carbocycles. The highest BCUT2D eigenvalue weighted by Crippen LogP contribution is 2.35. The molecule has 0 radical (unpaired) electrons. The molecule has 0 bridgehead atoms. The lowest BCUT2D eigenvalue weighted by Gasteiger charge is -2.07. The van der Waals surface area contributed by atoms with Crippen LogP contribution in [0.5, 0.6) is 0 Å². The van der Waals surface area contributed by atoms with E-state index in [2.05, 4.69) is 14.8 Å². The number of hydrogen-bond donors (Lipinski definition) is 1. The first-order valence-electron chi connectivity index (χ1n) is 7.80. The van der Waals surface area contributed by atoms with E-state index in [0.29, 0.717) is 10.6 Å². The largest absolute Gasteiger partial charge is 0.461 e.